The van der Waals surface area contributed by atoms with Crippen molar-refractivity contribution in [2.45, 2.75) is 44.9 Å². The van der Waals surface area contributed by atoms with E-state index in [-0.39, 0.29) is 30.7 Å². The molecule has 35 heavy (non-hydrogen) atoms. The van der Waals surface area contributed by atoms with Gasteiger partial charge in [-0.3, -0.25) is 9.69 Å². The summed E-state index contributed by atoms with van der Waals surface area (Å²) in [5.41, 5.74) is 0.805. The molecule has 0 spiro atoms. The molecule has 1 aliphatic rings. The lowest BCUT2D eigenvalue weighted by Gasteiger charge is -2.37. The zero-order valence-electron chi connectivity index (χ0n) is 21.2. The lowest BCUT2D eigenvalue weighted by atomic mass is 10.0. The summed E-state index contributed by atoms with van der Waals surface area (Å²) in [5, 5.41) is 12.6. The van der Waals surface area contributed by atoms with Crippen LogP contribution in [0.1, 0.15) is 37.3 Å². The lowest BCUT2D eigenvalue weighted by Crippen LogP contribution is -2.48. The molecule has 0 radical (unpaired) electrons. The van der Waals surface area contributed by atoms with Gasteiger partial charge in [0.05, 0.1) is 38.0 Å². The zero-order chi connectivity index (χ0) is 25.4. The van der Waals surface area contributed by atoms with Gasteiger partial charge in [0.1, 0.15) is 6.61 Å². The molecule has 1 amide bonds. The van der Waals surface area contributed by atoms with Crippen molar-refractivity contribution in [3.63, 3.8) is 0 Å². The molecule has 1 N–H and O–H groups in total. The summed E-state index contributed by atoms with van der Waals surface area (Å²) < 4.78 is 17.3. The Bertz CT molecular complexity index is 970. The van der Waals surface area contributed by atoms with Gasteiger partial charge in [0, 0.05) is 24.5 Å². The van der Waals surface area contributed by atoms with Crippen LogP contribution in [0.2, 0.25) is 0 Å². The van der Waals surface area contributed by atoms with E-state index in [9.17, 15) is 9.90 Å². The first-order chi connectivity index (χ1) is 16.7. The minimum atomic E-state index is -0.698. The van der Waals surface area contributed by atoms with Crippen LogP contribution in [0.5, 0.6) is 11.5 Å². The molecule has 0 fully saturated rings. The first-order valence-corrected chi connectivity index (χ1v) is 12.9. The van der Waals surface area contributed by atoms with Gasteiger partial charge in [-0.2, -0.15) is 0 Å². The third-order valence-corrected chi connectivity index (χ3v) is 6.80. The fourth-order valence-electron chi connectivity index (χ4n) is 4.15. The molecule has 1 aliphatic heterocycles. The van der Waals surface area contributed by atoms with E-state index < -0.39 is 6.10 Å². The van der Waals surface area contributed by atoms with Crippen molar-refractivity contribution in [2.24, 2.45) is 0 Å². The lowest BCUT2D eigenvalue weighted by molar-refractivity contribution is -0.136. The van der Waals surface area contributed by atoms with Gasteiger partial charge < -0.3 is 24.2 Å². The Morgan fingerprint density at radius 1 is 1.31 bits per heavy atom. The van der Waals surface area contributed by atoms with Gasteiger partial charge in [-0.05, 0) is 56.3 Å². The van der Waals surface area contributed by atoms with Crippen molar-refractivity contribution < 1.29 is 24.1 Å². The maximum absolute atomic E-state index is 13.5. The number of fused-ring (bicyclic) bond motifs is 1. The number of thiophene rings is 1. The number of aliphatic hydroxyl groups is 1. The van der Waals surface area contributed by atoms with E-state index in [1.807, 2.05) is 54.8 Å². The number of carbonyl (C=O) groups excluding carboxylic acids is 1. The fourth-order valence-corrected chi connectivity index (χ4v) is 5.07. The molecule has 0 aliphatic carbocycles. The number of carbonyl (C=O) groups is 1. The van der Waals surface area contributed by atoms with Crippen LogP contribution < -0.4 is 9.47 Å². The molecule has 0 bridgehead atoms. The van der Waals surface area contributed by atoms with Gasteiger partial charge >= 0.3 is 0 Å². The maximum Gasteiger partial charge on any atom is 0.237 e. The molecule has 2 aromatic rings. The summed E-state index contributed by atoms with van der Waals surface area (Å²) in [7, 11) is 1.62. The van der Waals surface area contributed by atoms with Crippen molar-refractivity contribution in [3.05, 3.63) is 58.8 Å². The van der Waals surface area contributed by atoms with Gasteiger partial charge in [-0.15, -0.1) is 17.9 Å². The third kappa shape index (κ3) is 7.80. The Labute approximate surface area is 212 Å². The van der Waals surface area contributed by atoms with Crippen LogP contribution in [-0.4, -0.2) is 79.0 Å². The van der Waals surface area contributed by atoms with Crippen molar-refractivity contribution in [2.75, 3.05) is 46.5 Å². The maximum atomic E-state index is 13.5. The van der Waals surface area contributed by atoms with E-state index in [0.29, 0.717) is 37.7 Å². The van der Waals surface area contributed by atoms with Crippen molar-refractivity contribution in [3.8, 4) is 11.5 Å². The zero-order valence-corrected chi connectivity index (χ0v) is 22.1. The van der Waals surface area contributed by atoms with Crippen LogP contribution in [0.4, 0.5) is 0 Å². The summed E-state index contributed by atoms with van der Waals surface area (Å²) >= 11 is 1.72. The molecule has 1 aromatic heterocycles. The van der Waals surface area contributed by atoms with Crippen molar-refractivity contribution in [1.29, 1.82) is 0 Å². The molecule has 192 valence electrons. The van der Waals surface area contributed by atoms with E-state index in [1.165, 1.54) is 4.88 Å². The fraction of sp³-hybridized carbons (Fsp3) is 0.519. The molecule has 3 rings (SSSR count). The van der Waals surface area contributed by atoms with Crippen LogP contribution >= 0.6 is 11.3 Å². The van der Waals surface area contributed by atoms with Gasteiger partial charge in [-0.1, -0.05) is 18.2 Å². The Balaban J connectivity index is 1.70. The van der Waals surface area contributed by atoms with Crippen LogP contribution in [0, 0.1) is 0 Å². The topological polar surface area (TPSA) is 71.5 Å². The van der Waals surface area contributed by atoms with Gasteiger partial charge in [0.25, 0.3) is 0 Å². The monoisotopic (exact) mass is 502 g/mol. The second-order valence-electron chi connectivity index (χ2n) is 9.67. The highest BCUT2D eigenvalue weighted by Crippen LogP contribution is 2.35. The van der Waals surface area contributed by atoms with E-state index >= 15 is 0 Å². The molecular formula is C27H38N2O5S. The van der Waals surface area contributed by atoms with Gasteiger partial charge in [0.2, 0.25) is 5.91 Å². The smallest absolute Gasteiger partial charge is 0.237 e. The van der Waals surface area contributed by atoms with Gasteiger partial charge in [-0.25, -0.2) is 0 Å². The highest BCUT2D eigenvalue weighted by Gasteiger charge is 2.33. The third-order valence-electron chi connectivity index (χ3n) is 5.80. The number of para-hydroxylation sites is 2. The van der Waals surface area contributed by atoms with E-state index in [0.717, 1.165) is 12.0 Å². The summed E-state index contributed by atoms with van der Waals surface area (Å²) in [4.78, 5) is 18.6. The summed E-state index contributed by atoms with van der Waals surface area (Å²) in [6.45, 7) is 11.9. The highest BCUT2D eigenvalue weighted by atomic mass is 32.1. The number of benzene rings is 1. The Morgan fingerprint density at radius 2 is 2.06 bits per heavy atom. The predicted octanol–water partition coefficient (Wildman–Crippen LogP) is 3.93. The number of aliphatic hydroxyl groups excluding tert-OH is 1. The minimum absolute atomic E-state index is 0.00117. The molecule has 7 nitrogen and oxygen atoms in total. The van der Waals surface area contributed by atoms with E-state index in [1.54, 1.807) is 24.5 Å². The molecular weight excluding hydrogens is 464 g/mol. The SMILES string of the molecule is C=CCN(CC(=O)N1CCc2sccc2[C@H]1COc1ccccc1OC)C[C@H](O)COC(C)(C)C. The predicted molar refractivity (Wildman–Crippen MR) is 139 cm³/mol. The quantitative estimate of drug-likeness (QED) is 0.444. The molecule has 2 atom stereocenters. The molecule has 0 saturated carbocycles. The minimum Gasteiger partial charge on any atom is -0.493 e. The standard InChI is InChI=1S/C27H38N2O5S/c1-6-13-28(16-20(30)18-34-27(2,3)4)17-26(31)29-14-11-25-21(12-15-35-25)22(29)19-33-24-10-8-7-9-23(24)32-5/h6-10,12,15,20,22,30H,1,11,13-14,16-19H2,2-5H3/t20-,22+/m0/s1. The number of amides is 1. The van der Waals surface area contributed by atoms with Crippen LogP contribution in [-0.2, 0) is 16.0 Å². The van der Waals surface area contributed by atoms with Crippen molar-refractivity contribution in [1.82, 2.24) is 9.80 Å². The molecule has 1 aromatic carbocycles. The average molecular weight is 503 g/mol. The first-order valence-electron chi connectivity index (χ1n) is 12.0. The summed E-state index contributed by atoms with van der Waals surface area (Å²) in [5.74, 6) is 1.32. The number of ether oxygens (including phenoxy) is 3. The number of hydrogen-bond acceptors (Lipinski definition) is 7. The molecule has 2 heterocycles. The highest BCUT2D eigenvalue weighted by molar-refractivity contribution is 7.10. The second-order valence-corrected chi connectivity index (χ2v) is 10.7. The molecule has 0 saturated heterocycles. The van der Waals surface area contributed by atoms with Crippen LogP contribution in [0.25, 0.3) is 0 Å². The number of methoxy groups -OCH3 is 1. The molecule has 8 heteroatoms. The summed E-state index contributed by atoms with van der Waals surface area (Å²) in [6.07, 6.45) is 1.88. The van der Waals surface area contributed by atoms with Crippen molar-refractivity contribution >= 4 is 17.2 Å². The first kappa shape index (κ1) is 27.2. The van der Waals surface area contributed by atoms with Crippen LogP contribution in [0.15, 0.2) is 48.4 Å². The van der Waals surface area contributed by atoms with Gasteiger partial charge in [0.15, 0.2) is 11.5 Å². The Hall–Kier alpha value is -2.39. The Kier molecular flexibility index (Phi) is 9.74. The number of nitrogens with zero attached hydrogens (tertiary/aromatic N) is 2. The van der Waals surface area contributed by atoms with Crippen LogP contribution in [0.3, 0.4) is 0 Å². The Morgan fingerprint density at radius 3 is 2.74 bits per heavy atom. The summed E-state index contributed by atoms with van der Waals surface area (Å²) in [6, 6.07) is 9.42. The van der Waals surface area contributed by atoms with E-state index in [2.05, 4.69) is 18.0 Å². The largest absolute Gasteiger partial charge is 0.493 e. The molecule has 0 unspecified atom stereocenters. The second kappa shape index (κ2) is 12.5. The number of hydrogen-bond donors (Lipinski definition) is 1. The normalized spacial score (nSPS) is 16.6. The number of rotatable bonds is 12. The average Bonchev–Trinajstić information content (AvgIpc) is 3.30. The van der Waals surface area contributed by atoms with E-state index in [4.69, 9.17) is 14.2 Å².